The zero-order valence-electron chi connectivity index (χ0n) is 23.8. The monoisotopic (exact) mass is 616 g/mol. The largest absolute Gasteiger partial charge is 0.505 e. The van der Waals surface area contributed by atoms with Crippen LogP contribution in [0.25, 0.3) is 21.8 Å². The number of anilines is 1. The number of nitrogens with one attached hydrogen (secondary N) is 2. The normalized spacial score (nSPS) is 12.5. The second kappa shape index (κ2) is 17.0. The molecule has 4 aromatic rings. The molecule has 1 aliphatic rings. The summed E-state index contributed by atoms with van der Waals surface area (Å²) in [7, 11) is 0. The molecule has 8 heteroatoms. The second-order valence-corrected chi connectivity index (χ2v) is 11.2. The first-order chi connectivity index (χ1) is 19.2. The molecule has 0 unspecified atom stereocenters. The highest BCUT2D eigenvalue weighted by molar-refractivity contribution is 6.35. The van der Waals surface area contributed by atoms with Crippen molar-refractivity contribution in [2.45, 2.75) is 83.6 Å². The van der Waals surface area contributed by atoms with E-state index in [4.69, 9.17) is 16.6 Å². The number of para-hydroxylation sites is 1. The van der Waals surface area contributed by atoms with Crippen molar-refractivity contribution in [3.63, 3.8) is 0 Å². The van der Waals surface area contributed by atoms with Crippen molar-refractivity contribution in [1.29, 1.82) is 0 Å². The van der Waals surface area contributed by atoms with Crippen LogP contribution in [-0.2, 0) is 19.4 Å². The van der Waals surface area contributed by atoms with Crippen LogP contribution in [0.2, 0.25) is 5.02 Å². The summed E-state index contributed by atoms with van der Waals surface area (Å²) in [5.41, 5.74) is 6.62. The number of unbranched alkanes of at least 4 members (excludes halogenated alkanes) is 7. The molecule has 2 aromatic carbocycles. The number of hydrogen-bond donors (Lipinski definition) is 3. The van der Waals surface area contributed by atoms with Gasteiger partial charge in [0.2, 0.25) is 0 Å². The first kappa shape index (κ1) is 33.2. The van der Waals surface area contributed by atoms with Crippen LogP contribution >= 0.6 is 36.4 Å². The van der Waals surface area contributed by atoms with E-state index in [1.54, 1.807) is 6.20 Å². The molecule has 0 atom stereocenters. The Bertz CT molecular complexity index is 1400. The van der Waals surface area contributed by atoms with Crippen molar-refractivity contribution in [3.05, 3.63) is 70.5 Å². The van der Waals surface area contributed by atoms with Crippen LogP contribution < -0.4 is 10.6 Å². The quantitative estimate of drug-likeness (QED) is 0.123. The van der Waals surface area contributed by atoms with Gasteiger partial charge in [0.1, 0.15) is 11.3 Å². The number of aromatic nitrogens is 2. The molecule has 0 amide bonds. The summed E-state index contributed by atoms with van der Waals surface area (Å²) in [6, 6.07) is 14.1. The third kappa shape index (κ3) is 8.61. The van der Waals surface area contributed by atoms with Crippen molar-refractivity contribution < 1.29 is 5.11 Å². The lowest BCUT2D eigenvalue weighted by Gasteiger charge is -2.21. The van der Waals surface area contributed by atoms with Gasteiger partial charge in [0.25, 0.3) is 0 Å². The summed E-state index contributed by atoms with van der Waals surface area (Å²) >= 11 is 6.38. The fraction of sp³-hybridized carbons (Fsp3) is 0.455. The van der Waals surface area contributed by atoms with Gasteiger partial charge in [-0.15, -0.1) is 24.8 Å². The molecule has 0 aliphatic heterocycles. The van der Waals surface area contributed by atoms with Crippen LogP contribution in [0.1, 0.15) is 81.0 Å². The Hall–Kier alpha value is -2.31. The van der Waals surface area contributed by atoms with Crippen LogP contribution in [0.5, 0.6) is 5.75 Å². The Labute approximate surface area is 261 Å². The van der Waals surface area contributed by atoms with Gasteiger partial charge in [0.15, 0.2) is 0 Å². The molecule has 5 rings (SSSR count). The molecule has 0 saturated heterocycles. The predicted octanol–water partition coefficient (Wildman–Crippen LogP) is 9.19. The van der Waals surface area contributed by atoms with Gasteiger partial charge in [-0.05, 0) is 74.9 Å². The van der Waals surface area contributed by atoms with E-state index in [9.17, 15) is 5.11 Å². The van der Waals surface area contributed by atoms with Crippen LogP contribution in [0.15, 0.2) is 48.7 Å². The molecule has 3 N–H and O–H groups in total. The van der Waals surface area contributed by atoms with Crippen molar-refractivity contribution in [2.24, 2.45) is 0 Å². The maximum Gasteiger partial charge on any atom is 0.146 e. The van der Waals surface area contributed by atoms with Gasteiger partial charge in [-0.25, -0.2) is 0 Å². The molecule has 0 spiro atoms. The van der Waals surface area contributed by atoms with E-state index in [-0.39, 0.29) is 30.6 Å². The average Bonchev–Trinajstić information content (AvgIpc) is 2.97. The lowest BCUT2D eigenvalue weighted by atomic mass is 9.92. The van der Waals surface area contributed by atoms with E-state index >= 15 is 0 Å². The van der Waals surface area contributed by atoms with Gasteiger partial charge in [-0.3, -0.25) is 9.97 Å². The van der Waals surface area contributed by atoms with E-state index < -0.39 is 0 Å². The number of nitrogens with zero attached hydrogens (tertiary/aromatic N) is 2. The highest BCUT2D eigenvalue weighted by Gasteiger charge is 2.17. The zero-order valence-corrected chi connectivity index (χ0v) is 26.2. The fourth-order valence-electron chi connectivity index (χ4n) is 5.82. The number of pyridine rings is 2. The summed E-state index contributed by atoms with van der Waals surface area (Å²) in [6.45, 7) is 2.58. The smallest absolute Gasteiger partial charge is 0.146 e. The number of hydrogen-bond acceptors (Lipinski definition) is 5. The third-order valence-corrected chi connectivity index (χ3v) is 8.27. The number of aromatic hydroxyl groups is 1. The van der Waals surface area contributed by atoms with Crippen molar-refractivity contribution >= 4 is 63.9 Å². The Balaban J connectivity index is 0.00000231. The van der Waals surface area contributed by atoms with Gasteiger partial charge < -0.3 is 15.7 Å². The lowest BCUT2D eigenvalue weighted by Crippen LogP contribution is -2.14. The van der Waals surface area contributed by atoms with E-state index in [0.29, 0.717) is 17.1 Å². The first-order valence-electron chi connectivity index (χ1n) is 14.8. The molecule has 0 radical (unpaired) electrons. The van der Waals surface area contributed by atoms with Gasteiger partial charge in [-0.1, -0.05) is 68.3 Å². The lowest BCUT2D eigenvalue weighted by molar-refractivity contribution is 0.468. The molecule has 1 aliphatic carbocycles. The van der Waals surface area contributed by atoms with E-state index in [1.807, 2.05) is 18.2 Å². The van der Waals surface area contributed by atoms with Crippen LogP contribution in [0.3, 0.4) is 0 Å². The minimum Gasteiger partial charge on any atom is -0.505 e. The molecule has 222 valence electrons. The Morgan fingerprint density at radius 2 is 1.49 bits per heavy atom. The molecule has 0 fully saturated rings. The summed E-state index contributed by atoms with van der Waals surface area (Å²) < 4.78 is 0. The summed E-state index contributed by atoms with van der Waals surface area (Å²) in [6.07, 6.45) is 16.6. The number of fused-ring (bicyclic) bond motifs is 3. The number of phenols is 1. The minimum absolute atomic E-state index is 0. The number of benzene rings is 2. The number of rotatable bonds is 14. The highest BCUT2D eigenvalue weighted by atomic mass is 35.5. The number of halogens is 3. The highest BCUT2D eigenvalue weighted by Crippen LogP contribution is 2.34. The second-order valence-electron chi connectivity index (χ2n) is 10.8. The average molecular weight is 618 g/mol. The van der Waals surface area contributed by atoms with Crippen LogP contribution in [0, 0.1) is 0 Å². The van der Waals surface area contributed by atoms with Crippen LogP contribution in [-0.4, -0.2) is 28.2 Å². The van der Waals surface area contributed by atoms with Crippen molar-refractivity contribution in [2.75, 3.05) is 18.4 Å². The molecular weight excluding hydrogens is 575 g/mol. The Kier molecular flexibility index (Phi) is 13.7. The molecule has 2 aromatic heterocycles. The van der Waals surface area contributed by atoms with Crippen molar-refractivity contribution in [3.8, 4) is 5.75 Å². The van der Waals surface area contributed by atoms with Gasteiger partial charge in [0, 0.05) is 47.0 Å². The maximum absolute atomic E-state index is 10.5. The van der Waals surface area contributed by atoms with Gasteiger partial charge in [0.05, 0.1) is 10.5 Å². The third-order valence-electron chi connectivity index (χ3n) is 7.96. The Morgan fingerprint density at radius 1 is 0.805 bits per heavy atom. The van der Waals surface area contributed by atoms with Crippen molar-refractivity contribution in [1.82, 2.24) is 15.3 Å². The molecule has 0 saturated carbocycles. The predicted molar refractivity (Wildman–Crippen MR) is 178 cm³/mol. The van der Waals surface area contributed by atoms with Gasteiger partial charge in [-0.2, -0.15) is 0 Å². The Morgan fingerprint density at radius 3 is 2.29 bits per heavy atom. The minimum atomic E-state index is 0. The summed E-state index contributed by atoms with van der Waals surface area (Å²) in [4.78, 5) is 9.24. The van der Waals surface area contributed by atoms with E-state index in [1.165, 1.54) is 80.1 Å². The molecular formula is C33H43Cl3N4O. The molecule has 5 nitrogen and oxygen atoms in total. The number of phenolic OH excluding ortho intramolecular Hbond substituents is 1. The topological polar surface area (TPSA) is 70.1 Å². The SMILES string of the molecule is Cl.Cl.Oc1c(CNCCCCCCCCCCNc2c3c(nc4ccccc24)CCCC3)cc(Cl)c2cccnc12. The molecule has 41 heavy (non-hydrogen) atoms. The maximum atomic E-state index is 10.5. The zero-order chi connectivity index (χ0) is 26.9. The summed E-state index contributed by atoms with van der Waals surface area (Å²) in [5, 5.41) is 20.5. The van der Waals surface area contributed by atoms with E-state index in [2.05, 4.69) is 39.9 Å². The first-order valence-corrected chi connectivity index (χ1v) is 15.2. The van der Waals surface area contributed by atoms with Crippen LogP contribution in [0.4, 0.5) is 5.69 Å². The fourth-order valence-corrected chi connectivity index (χ4v) is 6.10. The molecule has 2 heterocycles. The summed E-state index contributed by atoms with van der Waals surface area (Å²) in [5.74, 6) is 0.228. The van der Waals surface area contributed by atoms with E-state index in [0.717, 1.165) is 48.8 Å². The number of aryl methyl sites for hydroxylation is 1. The standard InChI is InChI=1S/C33H41ClN4O.2ClH/c34-28-22-24(33(39)32-25(28)16-13-21-37-32)23-35-19-11-5-3-1-2-4-6-12-20-36-31-26-14-7-9-17-29(26)38-30-18-10-8-15-27(30)31;;/h7,9,13-14,16-17,21-22,35,39H,1-6,8,10-12,15,18-20,23H2,(H,36,38);2*1H. The van der Waals surface area contributed by atoms with Gasteiger partial charge >= 0.3 is 0 Å². The molecule has 0 bridgehead atoms.